The van der Waals surface area contributed by atoms with E-state index < -0.39 is 0 Å². The normalized spacial score (nSPS) is 15.8. The van der Waals surface area contributed by atoms with Crippen molar-refractivity contribution >= 4 is 10.9 Å². The number of hydrogen-bond acceptors (Lipinski definition) is 1. The largest absolute Gasteiger partial charge is 0.361 e. The molecule has 0 saturated heterocycles. The Labute approximate surface area is 81.1 Å². The van der Waals surface area contributed by atoms with Crippen molar-refractivity contribution in [3.63, 3.8) is 0 Å². The molecule has 2 aromatic rings. The van der Waals surface area contributed by atoms with Gasteiger partial charge in [0, 0.05) is 23.6 Å². The van der Waals surface area contributed by atoms with Gasteiger partial charge in [-0.05, 0) is 36.2 Å². The third-order valence-electron chi connectivity index (χ3n) is 2.79. The van der Waals surface area contributed by atoms with Crippen LogP contribution >= 0.6 is 0 Å². The molecule has 1 aliphatic heterocycles. The molecule has 0 radical (unpaired) electrons. The maximum absolute atomic E-state index is 13.2. The van der Waals surface area contributed by atoms with E-state index in [0.717, 1.165) is 30.6 Å². The predicted molar refractivity (Wildman–Crippen MR) is 53.7 cm³/mol. The summed E-state index contributed by atoms with van der Waals surface area (Å²) in [6, 6.07) is 3.19. The van der Waals surface area contributed by atoms with Crippen LogP contribution in [0.1, 0.15) is 11.1 Å². The lowest BCUT2D eigenvalue weighted by Gasteiger charge is -2.02. The molecular formula is C11H11FN2. The second-order valence-electron chi connectivity index (χ2n) is 3.73. The molecule has 0 atom stereocenters. The lowest BCUT2D eigenvalue weighted by Crippen LogP contribution is -2.13. The maximum Gasteiger partial charge on any atom is 0.125 e. The van der Waals surface area contributed by atoms with Gasteiger partial charge < -0.3 is 10.3 Å². The lowest BCUT2D eigenvalue weighted by atomic mass is 10.1. The Morgan fingerprint density at radius 3 is 3.07 bits per heavy atom. The van der Waals surface area contributed by atoms with Crippen molar-refractivity contribution in [1.82, 2.24) is 10.3 Å². The zero-order valence-electron chi connectivity index (χ0n) is 7.73. The molecule has 0 unspecified atom stereocenters. The summed E-state index contributed by atoms with van der Waals surface area (Å²) in [5.41, 5.74) is 3.27. The van der Waals surface area contributed by atoms with Crippen molar-refractivity contribution in [2.24, 2.45) is 0 Å². The van der Waals surface area contributed by atoms with Gasteiger partial charge in [0.2, 0.25) is 0 Å². The Morgan fingerprint density at radius 1 is 1.21 bits per heavy atom. The SMILES string of the molecule is Fc1cc2c3c(c[nH]c3c1)CCNC2. The molecule has 1 aromatic heterocycles. The van der Waals surface area contributed by atoms with Crippen LogP contribution in [0.5, 0.6) is 0 Å². The number of rotatable bonds is 0. The summed E-state index contributed by atoms with van der Waals surface area (Å²) in [6.07, 6.45) is 3.00. The summed E-state index contributed by atoms with van der Waals surface area (Å²) in [4.78, 5) is 3.12. The fourth-order valence-electron chi connectivity index (χ4n) is 2.18. The Morgan fingerprint density at radius 2 is 2.14 bits per heavy atom. The average Bonchev–Trinajstić information content (AvgIpc) is 2.43. The van der Waals surface area contributed by atoms with Crippen molar-refractivity contribution in [2.45, 2.75) is 13.0 Å². The molecule has 72 valence electrons. The first-order chi connectivity index (χ1) is 6.84. The summed E-state index contributed by atoms with van der Waals surface area (Å²) in [7, 11) is 0. The number of aromatic amines is 1. The van der Waals surface area contributed by atoms with E-state index in [1.165, 1.54) is 10.9 Å². The fraction of sp³-hybridized carbons (Fsp3) is 0.273. The molecule has 2 nitrogen and oxygen atoms in total. The van der Waals surface area contributed by atoms with Crippen molar-refractivity contribution in [1.29, 1.82) is 0 Å². The van der Waals surface area contributed by atoms with Gasteiger partial charge in [-0.3, -0.25) is 0 Å². The van der Waals surface area contributed by atoms with E-state index in [-0.39, 0.29) is 5.82 Å². The number of hydrogen-bond donors (Lipinski definition) is 2. The fourth-order valence-corrected chi connectivity index (χ4v) is 2.18. The third-order valence-corrected chi connectivity index (χ3v) is 2.79. The molecule has 0 amide bonds. The number of nitrogens with one attached hydrogen (secondary N) is 2. The molecule has 0 spiro atoms. The number of aromatic nitrogens is 1. The molecule has 0 fully saturated rings. The molecule has 0 aliphatic carbocycles. The van der Waals surface area contributed by atoms with Gasteiger partial charge in [-0.2, -0.15) is 0 Å². The van der Waals surface area contributed by atoms with Crippen LogP contribution in [0.15, 0.2) is 18.3 Å². The number of H-pyrrole nitrogens is 1. The van der Waals surface area contributed by atoms with E-state index in [2.05, 4.69) is 10.3 Å². The van der Waals surface area contributed by atoms with Crippen LogP contribution in [0, 0.1) is 5.82 Å². The van der Waals surface area contributed by atoms with Gasteiger partial charge in [0.25, 0.3) is 0 Å². The minimum Gasteiger partial charge on any atom is -0.361 e. The second kappa shape index (κ2) is 2.82. The van der Waals surface area contributed by atoms with Crippen molar-refractivity contribution in [3.05, 3.63) is 35.3 Å². The van der Waals surface area contributed by atoms with Gasteiger partial charge in [-0.1, -0.05) is 0 Å². The highest BCUT2D eigenvalue weighted by Gasteiger charge is 2.13. The van der Waals surface area contributed by atoms with Crippen molar-refractivity contribution in [2.75, 3.05) is 6.54 Å². The number of halogens is 1. The van der Waals surface area contributed by atoms with E-state index in [4.69, 9.17) is 0 Å². The van der Waals surface area contributed by atoms with Gasteiger partial charge in [0.05, 0.1) is 0 Å². The first-order valence-corrected chi connectivity index (χ1v) is 4.84. The van der Waals surface area contributed by atoms with E-state index >= 15 is 0 Å². The summed E-state index contributed by atoms with van der Waals surface area (Å²) in [6.45, 7) is 1.72. The second-order valence-corrected chi connectivity index (χ2v) is 3.73. The van der Waals surface area contributed by atoms with Crippen LogP contribution < -0.4 is 5.32 Å². The minimum atomic E-state index is -0.162. The lowest BCUT2D eigenvalue weighted by molar-refractivity contribution is 0.624. The molecule has 14 heavy (non-hydrogen) atoms. The molecule has 3 rings (SSSR count). The van der Waals surface area contributed by atoms with Gasteiger partial charge in [-0.25, -0.2) is 4.39 Å². The molecular weight excluding hydrogens is 179 g/mol. The zero-order valence-corrected chi connectivity index (χ0v) is 7.73. The topological polar surface area (TPSA) is 27.8 Å². The van der Waals surface area contributed by atoms with Gasteiger partial charge in [0.15, 0.2) is 0 Å². The predicted octanol–water partition coefficient (Wildman–Crippen LogP) is 1.95. The first-order valence-electron chi connectivity index (χ1n) is 4.84. The quantitative estimate of drug-likeness (QED) is 0.653. The van der Waals surface area contributed by atoms with Crippen LogP contribution in [0.3, 0.4) is 0 Å². The van der Waals surface area contributed by atoms with Crippen LogP contribution in [-0.4, -0.2) is 11.5 Å². The summed E-state index contributed by atoms with van der Waals surface area (Å²) < 4.78 is 13.2. The first kappa shape index (κ1) is 8.00. The Balaban J connectivity index is 2.39. The third kappa shape index (κ3) is 1.06. The van der Waals surface area contributed by atoms with Crippen LogP contribution in [-0.2, 0) is 13.0 Å². The summed E-state index contributed by atoms with van der Waals surface area (Å²) in [5.74, 6) is -0.162. The molecule has 2 N–H and O–H groups in total. The molecule has 1 aromatic carbocycles. The Kier molecular flexibility index (Phi) is 1.61. The minimum absolute atomic E-state index is 0.162. The zero-order chi connectivity index (χ0) is 9.54. The van der Waals surface area contributed by atoms with Crippen LogP contribution in [0.4, 0.5) is 4.39 Å². The van der Waals surface area contributed by atoms with Gasteiger partial charge in [-0.15, -0.1) is 0 Å². The summed E-state index contributed by atoms with van der Waals surface area (Å²) >= 11 is 0. The molecule has 2 heterocycles. The van der Waals surface area contributed by atoms with Crippen LogP contribution in [0.25, 0.3) is 10.9 Å². The summed E-state index contributed by atoms with van der Waals surface area (Å²) in [5, 5.41) is 4.49. The van der Waals surface area contributed by atoms with E-state index in [1.807, 2.05) is 6.20 Å². The monoisotopic (exact) mass is 190 g/mol. The highest BCUT2D eigenvalue weighted by Crippen LogP contribution is 2.25. The van der Waals surface area contributed by atoms with Gasteiger partial charge >= 0.3 is 0 Å². The average molecular weight is 190 g/mol. The molecule has 0 bridgehead atoms. The van der Waals surface area contributed by atoms with E-state index in [1.54, 1.807) is 12.1 Å². The molecule has 3 heteroatoms. The van der Waals surface area contributed by atoms with Crippen molar-refractivity contribution in [3.8, 4) is 0 Å². The van der Waals surface area contributed by atoms with E-state index in [9.17, 15) is 4.39 Å². The molecule has 1 aliphatic rings. The highest BCUT2D eigenvalue weighted by atomic mass is 19.1. The van der Waals surface area contributed by atoms with Gasteiger partial charge in [0.1, 0.15) is 5.82 Å². The smallest absolute Gasteiger partial charge is 0.125 e. The van der Waals surface area contributed by atoms with E-state index in [0.29, 0.717) is 0 Å². The maximum atomic E-state index is 13.2. The highest BCUT2D eigenvalue weighted by molar-refractivity contribution is 5.87. The standard InChI is InChI=1S/C11H11FN2/c12-9-3-8-5-13-2-1-7-6-14-10(4-9)11(7)8/h3-4,6,13-14H,1-2,5H2. The Bertz CT molecular complexity index is 487. The molecule has 0 saturated carbocycles. The number of benzene rings is 1. The van der Waals surface area contributed by atoms with Crippen molar-refractivity contribution < 1.29 is 4.39 Å². The Hall–Kier alpha value is -1.35. The van der Waals surface area contributed by atoms with Crippen LogP contribution in [0.2, 0.25) is 0 Å².